The van der Waals surface area contributed by atoms with Gasteiger partial charge in [-0.2, -0.15) is 0 Å². The molecule has 6 nitrogen and oxygen atoms in total. The molecule has 6 heteroatoms. The van der Waals surface area contributed by atoms with Gasteiger partial charge in [-0.25, -0.2) is 0 Å². The molecule has 2 unspecified atom stereocenters. The number of hydrogen-bond acceptors (Lipinski definition) is 5. The van der Waals surface area contributed by atoms with Crippen molar-refractivity contribution in [2.24, 2.45) is 11.8 Å². The van der Waals surface area contributed by atoms with Crippen molar-refractivity contribution in [3.8, 4) is 0 Å². The number of aliphatic hydroxyl groups is 3. The minimum Gasteiger partial charge on any atom is -0.389 e. The largest absolute Gasteiger partial charge is 0.389 e. The van der Waals surface area contributed by atoms with E-state index in [9.17, 15) is 20.1 Å². The molecule has 1 amide bonds. The first-order valence-electron chi connectivity index (χ1n) is 9.57. The van der Waals surface area contributed by atoms with Crippen LogP contribution < -0.4 is 0 Å². The Labute approximate surface area is 144 Å². The summed E-state index contributed by atoms with van der Waals surface area (Å²) < 4.78 is 0. The molecule has 0 aromatic rings. The zero-order chi connectivity index (χ0) is 17.1. The van der Waals surface area contributed by atoms with Gasteiger partial charge in [0.05, 0.1) is 12.2 Å². The summed E-state index contributed by atoms with van der Waals surface area (Å²) in [5.41, 5.74) is 0. The first kappa shape index (κ1) is 18.1. The Hall–Kier alpha value is -0.690. The van der Waals surface area contributed by atoms with E-state index < -0.39 is 18.3 Å². The van der Waals surface area contributed by atoms with Gasteiger partial charge in [-0.3, -0.25) is 9.69 Å². The molecule has 3 N–H and O–H groups in total. The molecule has 2 atom stereocenters. The highest BCUT2D eigenvalue weighted by molar-refractivity contribution is 5.76. The third-order valence-corrected chi connectivity index (χ3v) is 6.10. The number of likely N-dealkylation sites (tertiary alicyclic amines) is 2. The number of rotatable bonds is 4. The lowest BCUT2D eigenvalue weighted by Crippen LogP contribution is -2.56. The molecule has 138 valence electrons. The Kier molecular flexibility index (Phi) is 6.13. The van der Waals surface area contributed by atoms with E-state index in [1.54, 1.807) is 0 Å². The minimum absolute atomic E-state index is 0.326. The average Bonchev–Trinajstić information content (AvgIpc) is 3.06. The number of carbonyl (C=O) groups is 1. The predicted octanol–water partition coefficient (Wildman–Crippen LogP) is 0.204. The standard InChI is InChI=1S/C18H32N2O4/c21-15-11-19(12-16(22)18(15)24)10-14-5-7-20(8-6-14)17(23)9-13-3-1-2-4-13/h13-16,18,21-22,24H,1-12H2. The highest BCUT2D eigenvalue weighted by atomic mass is 16.4. The number of piperidine rings is 2. The lowest BCUT2D eigenvalue weighted by Gasteiger charge is -2.40. The van der Waals surface area contributed by atoms with E-state index in [0.717, 1.165) is 38.9 Å². The van der Waals surface area contributed by atoms with Crippen molar-refractivity contribution in [3.05, 3.63) is 0 Å². The molecule has 0 aromatic carbocycles. The molecule has 24 heavy (non-hydrogen) atoms. The van der Waals surface area contributed by atoms with Crippen LogP contribution >= 0.6 is 0 Å². The number of carbonyl (C=O) groups excluding carboxylic acids is 1. The van der Waals surface area contributed by atoms with Gasteiger partial charge in [-0.05, 0) is 37.5 Å². The van der Waals surface area contributed by atoms with Gasteiger partial charge in [0, 0.05) is 39.1 Å². The third kappa shape index (κ3) is 4.48. The summed E-state index contributed by atoms with van der Waals surface area (Å²) in [6, 6.07) is 0. The van der Waals surface area contributed by atoms with Crippen molar-refractivity contribution in [3.63, 3.8) is 0 Å². The molecule has 3 aliphatic rings. The Bertz CT molecular complexity index is 407. The van der Waals surface area contributed by atoms with Crippen LogP contribution in [0.3, 0.4) is 0 Å². The maximum absolute atomic E-state index is 12.4. The molecule has 2 aliphatic heterocycles. The number of aliphatic hydroxyl groups excluding tert-OH is 3. The van der Waals surface area contributed by atoms with Crippen molar-refractivity contribution < 1.29 is 20.1 Å². The summed E-state index contributed by atoms with van der Waals surface area (Å²) in [6.07, 6.45) is 4.92. The Balaban J connectivity index is 1.39. The molecule has 0 bridgehead atoms. The van der Waals surface area contributed by atoms with Gasteiger partial charge in [0.15, 0.2) is 0 Å². The van der Waals surface area contributed by atoms with Crippen molar-refractivity contribution in [2.45, 2.75) is 63.3 Å². The number of nitrogens with zero attached hydrogens (tertiary/aromatic N) is 2. The Morgan fingerprint density at radius 1 is 0.875 bits per heavy atom. The van der Waals surface area contributed by atoms with Crippen LogP contribution in [0.5, 0.6) is 0 Å². The lowest BCUT2D eigenvalue weighted by molar-refractivity contribution is -0.134. The second kappa shape index (κ2) is 8.13. The lowest BCUT2D eigenvalue weighted by atomic mass is 9.93. The monoisotopic (exact) mass is 340 g/mol. The first-order chi connectivity index (χ1) is 11.5. The molecular formula is C18H32N2O4. The Morgan fingerprint density at radius 3 is 2.04 bits per heavy atom. The molecule has 0 spiro atoms. The summed E-state index contributed by atoms with van der Waals surface area (Å²) in [7, 11) is 0. The van der Waals surface area contributed by atoms with E-state index in [1.165, 1.54) is 25.7 Å². The van der Waals surface area contributed by atoms with E-state index in [-0.39, 0.29) is 0 Å². The van der Waals surface area contributed by atoms with Crippen LogP contribution in [0.1, 0.15) is 44.9 Å². The second-order valence-corrected chi connectivity index (χ2v) is 8.02. The SMILES string of the molecule is O=C(CC1CCCC1)N1CCC(CN2CC(O)C(O)C(O)C2)CC1. The zero-order valence-corrected chi connectivity index (χ0v) is 14.5. The normalized spacial score (nSPS) is 34.0. The molecule has 0 radical (unpaired) electrons. The van der Waals surface area contributed by atoms with E-state index >= 15 is 0 Å². The maximum atomic E-state index is 12.4. The zero-order valence-electron chi connectivity index (χ0n) is 14.5. The van der Waals surface area contributed by atoms with Crippen molar-refractivity contribution in [1.29, 1.82) is 0 Å². The van der Waals surface area contributed by atoms with E-state index in [0.29, 0.717) is 30.8 Å². The van der Waals surface area contributed by atoms with Crippen LogP contribution in [0, 0.1) is 11.8 Å². The number of β-amino-alcohol motifs (C(OH)–C–C–N with tert-alkyl or cyclic N) is 2. The topological polar surface area (TPSA) is 84.2 Å². The van der Waals surface area contributed by atoms with E-state index in [4.69, 9.17) is 0 Å². The summed E-state index contributed by atoms with van der Waals surface area (Å²) >= 11 is 0. The van der Waals surface area contributed by atoms with Gasteiger partial charge in [-0.15, -0.1) is 0 Å². The molecule has 3 fully saturated rings. The Morgan fingerprint density at radius 2 is 1.46 bits per heavy atom. The van der Waals surface area contributed by atoms with E-state index in [1.807, 2.05) is 9.80 Å². The maximum Gasteiger partial charge on any atom is 0.222 e. The fraction of sp³-hybridized carbons (Fsp3) is 0.944. The van der Waals surface area contributed by atoms with Crippen LogP contribution in [-0.2, 0) is 4.79 Å². The molecule has 2 saturated heterocycles. The molecule has 3 rings (SSSR count). The quantitative estimate of drug-likeness (QED) is 0.681. The van der Waals surface area contributed by atoms with Gasteiger partial charge in [0.1, 0.15) is 6.10 Å². The smallest absolute Gasteiger partial charge is 0.222 e. The summed E-state index contributed by atoms with van der Waals surface area (Å²) in [4.78, 5) is 16.5. The molecule has 1 saturated carbocycles. The predicted molar refractivity (Wildman–Crippen MR) is 90.3 cm³/mol. The van der Waals surface area contributed by atoms with Crippen LogP contribution in [0.4, 0.5) is 0 Å². The first-order valence-corrected chi connectivity index (χ1v) is 9.57. The summed E-state index contributed by atoms with van der Waals surface area (Å²) in [5.74, 6) is 1.43. The van der Waals surface area contributed by atoms with Crippen LogP contribution in [0.2, 0.25) is 0 Å². The van der Waals surface area contributed by atoms with Crippen molar-refractivity contribution >= 4 is 5.91 Å². The molecule has 2 heterocycles. The van der Waals surface area contributed by atoms with Crippen molar-refractivity contribution in [1.82, 2.24) is 9.80 Å². The number of hydrogen-bond donors (Lipinski definition) is 3. The second-order valence-electron chi connectivity index (χ2n) is 8.02. The fourth-order valence-corrected chi connectivity index (χ4v) is 4.55. The number of amides is 1. The summed E-state index contributed by atoms with van der Waals surface area (Å²) in [5, 5.41) is 29.2. The highest BCUT2D eigenvalue weighted by Crippen LogP contribution is 2.29. The van der Waals surface area contributed by atoms with Gasteiger partial charge >= 0.3 is 0 Å². The van der Waals surface area contributed by atoms with Gasteiger partial charge in [0.2, 0.25) is 5.91 Å². The molecular weight excluding hydrogens is 308 g/mol. The molecule has 1 aliphatic carbocycles. The van der Waals surface area contributed by atoms with Crippen LogP contribution in [0.25, 0.3) is 0 Å². The van der Waals surface area contributed by atoms with Gasteiger partial charge < -0.3 is 20.2 Å². The average molecular weight is 340 g/mol. The van der Waals surface area contributed by atoms with Crippen molar-refractivity contribution in [2.75, 3.05) is 32.7 Å². The summed E-state index contributed by atoms with van der Waals surface area (Å²) in [6.45, 7) is 3.32. The van der Waals surface area contributed by atoms with Gasteiger partial charge in [-0.1, -0.05) is 12.8 Å². The van der Waals surface area contributed by atoms with E-state index in [2.05, 4.69) is 0 Å². The van der Waals surface area contributed by atoms with Crippen LogP contribution in [0.15, 0.2) is 0 Å². The highest BCUT2D eigenvalue weighted by Gasteiger charge is 2.35. The van der Waals surface area contributed by atoms with Gasteiger partial charge in [0.25, 0.3) is 0 Å². The third-order valence-electron chi connectivity index (χ3n) is 6.10. The molecule has 0 aromatic heterocycles. The van der Waals surface area contributed by atoms with Crippen LogP contribution in [-0.4, -0.2) is 82.1 Å². The fourth-order valence-electron chi connectivity index (χ4n) is 4.55. The minimum atomic E-state index is -1.03.